The zero-order valence-corrected chi connectivity index (χ0v) is 18.8. The molecule has 0 unspecified atom stereocenters. The minimum absolute atomic E-state index is 0.0923. The Bertz CT molecular complexity index is 730. The van der Waals surface area contributed by atoms with E-state index in [2.05, 4.69) is 5.32 Å². The molecule has 3 N–H and O–H groups in total. The Balaban J connectivity index is 1.98. The number of aliphatic carboxylic acids is 1. The molecule has 0 radical (unpaired) electrons. The van der Waals surface area contributed by atoms with Crippen molar-refractivity contribution in [2.24, 2.45) is 0 Å². The van der Waals surface area contributed by atoms with Gasteiger partial charge in [0, 0.05) is 12.8 Å². The average molecular weight is 450 g/mol. The van der Waals surface area contributed by atoms with Crippen LogP contribution < -0.4 is 10.1 Å². The van der Waals surface area contributed by atoms with Crippen LogP contribution in [0.2, 0.25) is 0 Å². The molecule has 0 aliphatic rings. The van der Waals surface area contributed by atoms with Crippen molar-refractivity contribution in [2.45, 2.75) is 83.6 Å². The van der Waals surface area contributed by atoms with Gasteiger partial charge in [-0.15, -0.1) is 0 Å². The number of carboxylic acid groups (broad SMARTS) is 2. The van der Waals surface area contributed by atoms with E-state index in [1.165, 1.54) is 19.1 Å². The largest absolute Gasteiger partial charge is 0.494 e. The van der Waals surface area contributed by atoms with Crippen LogP contribution in [0.5, 0.6) is 5.75 Å². The number of carboxylic acids is 2. The van der Waals surface area contributed by atoms with Crippen molar-refractivity contribution in [2.75, 3.05) is 6.61 Å². The molecule has 0 bridgehead atoms. The Hall–Kier alpha value is -2.90. The lowest BCUT2D eigenvalue weighted by Crippen LogP contribution is -2.40. The zero-order valence-electron chi connectivity index (χ0n) is 18.8. The SMILES string of the molecule is CC(=O)CC[C@H](NC(=O)CCCCCCCCCCOc1ccc(C(=O)O)cc1)C(=O)O. The van der Waals surface area contributed by atoms with Crippen LogP contribution in [-0.2, 0) is 14.4 Å². The van der Waals surface area contributed by atoms with Crippen LogP contribution in [0.1, 0.15) is 87.9 Å². The number of carbonyl (C=O) groups excluding carboxylic acids is 2. The Labute approximate surface area is 189 Å². The smallest absolute Gasteiger partial charge is 0.335 e. The van der Waals surface area contributed by atoms with Crippen LogP contribution in [0.25, 0.3) is 0 Å². The van der Waals surface area contributed by atoms with E-state index in [1.807, 2.05) is 0 Å². The number of unbranched alkanes of at least 4 members (excludes halogenated alkanes) is 7. The minimum Gasteiger partial charge on any atom is -0.494 e. The molecular formula is C24H35NO7. The second-order valence-electron chi connectivity index (χ2n) is 7.96. The number of carbonyl (C=O) groups is 4. The summed E-state index contributed by atoms with van der Waals surface area (Å²) in [6.07, 6.45) is 8.57. The molecule has 0 fully saturated rings. The van der Waals surface area contributed by atoms with Crippen LogP contribution in [-0.4, -0.2) is 46.5 Å². The molecule has 0 spiro atoms. The highest BCUT2D eigenvalue weighted by molar-refractivity contribution is 5.87. The zero-order chi connectivity index (χ0) is 23.8. The van der Waals surface area contributed by atoms with Crippen molar-refractivity contribution in [3.63, 3.8) is 0 Å². The van der Waals surface area contributed by atoms with E-state index in [9.17, 15) is 19.2 Å². The molecule has 0 saturated carbocycles. The highest BCUT2D eigenvalue weighted by Crippen LogP contribution is 2.14. The fourth-order valence-electron chi connectivity index (χ4n) is 3.20. The van der Waals surface area contributed by atoms with Gasteiger partial charge in [0.15, 0.2) is 0 Å². The summed E-state index contributed by atoms with van der Waals surface area (Å²) in [5.74, 6) is -1.76. The molecule has 1 aromatic carbocycles. The predicted octanol–water partition coefficient (Wildman–Crippen LogP) is 4.21. The third-order valence-electron chi connectivity index (χ3n) is 5.09. The van der Waals surface area contributed by atoms with E-state index in [0.29, 0.717) is 18.8 Å². The highest BCUT2D eigenvalue weighted by atomic mass is 16.5. The van der Waals surface area contributed by atoms with E-state index >= 15 is 0 Å². The first-order valence-corrected chi connectivity index (χ1v) is 11.3. The minimum atomic E-state index is -1.11. The molecule has 32 heavy (non-hydrogen) atoms. The number of benzene rings is 1. The number of ether oxygens (including phenoxy) is 1. The van der Waals surface area contributed by atoms with Crippen molar-refractivity contribution < 1.29 is 34.1 Å². The molecule has 0 aliphatic carbocycles. The summed E-state index contributed by atoms with van der Waals surface area (Å²) in [5.41, 5.74) is 0.243. The molecule has 0 aromatic heterocycles. The third kappa shape index (κ3) is 12.7. The van der Waals surface area contributed by atoms with Gasteiger partial charge in [-0.25, -0.2) is 9.59 Å². The molecule has 1 rings (SSSR count). The van der Waals surface area contributed by atoms with Gasteiger partial charge in [0.2, 0.25) is 5.91 Å². The number of nitrogens with one attached hydrogen (secondary N) is 1. The fourth-order valence-corrected chi connectivity index (χ4v) is 3.20. The maximum atomic E-state index is 11.9. The standard InChI is InChI=1S/C24H35NO7/c1-18(26)11-16-21(24(30)31)25-22(27)10-8-6-4-2-3-5-7-9-17-32-20-14-12-19(13-15-20)23(28)29/h12-15,21H,2-11,16-17H2,1H3,(H,25,27)(H,28,29)(H,30,31)/t21-/m0/s1. The maximum absolute atomic E-state index is 11.9. The normalized spacial score (nSPS) is 11.5. The molecular weight excluding hydrogens is 414 g/mol. The monoisotopic (exact) mass is 449 g/mol. The van der Waals surface area contributed by atoms with Crippen molar-refractivity contribution in [1.82, 2.24) is 5.32 Å². The Morgan fingerprint density at radius 3 is 1.94 bits per heavy atom. The number of aromatic carboxylic acids is 1. The summed E-state index contributed by atoms with van der Waals surface area (Å²) in [4.78, 5) is 44.8. The number of rotatable bonds is 18. The molecule has 0 saturated heterocycles. The Morgan fingerprint density at radius 1 is 0.844 bits per heavy atom. The van der Waals surface area contributed by atoms with Crippen LogP contribution in [0.15, 0.2) is 24.3 Å². The Morgan fingerprint density at radius 2 is 1.41 bits per heavy atom. The summed E-state index contributed by atoms with van der Waals surface area (Å²) in [5, 5.41) is 20.5. The lowest BCUT2D eigenvalue weighted by molar-refractivity contribution is -0.142. The van der Waals surface area contributed by atoms with E-state index in [0.717, 1.165) is 51.4 Å². The number of ketones is 1. The lowest BCUT2D eigenvalue weighted by atomic mass is 10.1. The third-order valence-corrected chi connectivity index (χ3v) is 5.09. The van der Waals surface area contributed by atoms with Crippen molar-refractivity contribution >= 4 is 23.6 Å². The number of hydrogen-bond donors (Lipinski definition) is 3. The van der Waals surface area contributed by atoms with Gasteiger partial charge in [0.05, 0.1) is 12.2 Å². The van der Waals surface area contributed by atoms with Gasteiger partial charge in [0.1, 0.15) is 17.6 Å². The summed E-state index contributed by atoms with van der Waals surface area (Å²) in [6.45, 7) is 2.00. The van der Waals surface area contributed by atoms with E-state index in [1.54, 1.807) is 12.1 Å². The van der Waals surface area contributed by atoms with Gasteiger partial charge in [0.25, 0.3) is 0 Å². The van der Waals surface area contributed by atoms with Crippen molar-refractivity contribution in [3.05, 3.63) is 29.8 Å². The molecule has 0 heterocycles. The lowest BCUT2D eigenvalue weighted by Gasteiger charge is -2.13. The first-order valence-electron chi connectivity index (χ1n) is 11.3. The van der Waals surface area contributed by atoms with Crippen LogP contribution in [0.4, 0.5) is 0 Å². The van der Waals surface area contributed by atoms with E-state index in [-0.39, 0.29) is 30.1 Å². The predicted molar refractivity (Wildman–Crippen MR) is 120 cm³/mol. The molecule has 8 heteroatoms. The van der Waals surface area contributed by atoms with Crippen molar-refractivity contribution in [3.8, 4) is 5.75 Å². The van der Waals surface area contributed by atoms with Gasteiger partial charge in [-0.2, -0.15) is 0 Å². The summed E-state index contributed by atoms with van der Waals surface area (Å²) >= 11 is 0. The topological polar surface area (TPSA) is 130 Å². The highest BCUT2D eigenvalue weighted by Gasteiger charge is 2.19. The van der Waals surface area contributed by atoms with Crippen LogP contribution in [0, 0.1) is 0 Å². The quantitative estimate of drug-likeness (QED) is 0.286. The fraction of sp³-hybridized carbons (Fsp3) is 0.583. The molecule has 8 nitrogen and oxygen atoms in total. The van der Waals surface area contributed by atoms with Crippen LogP contribution >= 0.6 is 0 Å². The van der Waals surface area contributed by atoms with Crippen LogP contribution in [0.3, 0.4) is 0 Å². The summed E-state index contributed by atoms with van der Waals surface area (Å²) in [6, 6.07) is 5.38. The van der Waals surface area contributed by atoms with Gasteiger partial charge in [-0.1, -0.05) is 38.5 Å². The average Bonchev–Trinajstić information content (AvgIpc) is 2.74. The first-order chi connectivity index (χ1) is 15.3. The number of amides is 1. The Kier molecular flexibility index (Phi) is 13.4. The molecule has 1 atom stereocenters. The van der Waals surface area contributed by atoms with Gasteiger partial charge in [-0.05, 0) is 50.5 Å². The molecule has 1 amide bonds. The van der Waals surface area contributed by atoms with Gasteiger partial charge < -0.3 is 25.1 Å². The molecule has 178 valence electrons. The van der Waals surface area contributed by atoms with Gasteiger partial charge in [-0.3, -0.25) is 4.79 Å². The number of hydrogen-bond acceptors (Lipinski definition) is 5. The molecule has 0 aliphatic heterocycles. The number of Topliss-reactive ketones (excluding diaryl/α,β-unsaturated/α-hetero) is 1. The first kappa shape index (κ1) is 27.1. The van der Waals surface area contributed by atoms with E-state index < -0.39 is 18.0 Å². The van der Waals surface area contributed by atoms with Crippen molar-refractivity contribution in [1.29, 1.82) is 0 Å². The second kappa shape index (κ2) is 15.8. The summed E-state index contributed by atoms with van der Waals surface area (Å²) < 4.78 is 5.61. The van der Waals surface area contributed by atoms with Gasteiger partial charge >= 0.3 is 11.9 Å². The maximum Gasteiger partial charge on any atom is 0.335 e. The molecule has 1 aromatic rings. The van der Waals surface area contributed by atoms with E-state index in [4.69, 9.17) is 14.9 Å². The second-order valence-corrected chi connectivity index (χ2v) is 7.96. The summed E-state index contributed by atoms with van der Waals surface area (Å²) in [7, 11) is 0.